The number of carboxylic acids is 2. The van der Waals surface area contributed by atoms with Crippen LogP contribution in [-0.2, 0) is 38.2 Å². The smallest absolute Gasteiger partial charge is 0.475 e. The molecule has 1 aliphatic heterocycles. The Morgan fingerprint density at radius 1 is 0.667 bits per heavy atom. The molecule has 1 aliphatic rings. The van der Waals surface area contributed by atoms with Gasteiger partial charge in [-0.1, -0.05) is 44.0 Å². The van der Waals surface area contributed by atoms with Crippen molar-refractivity contribution in [2.75, 3.05) is 26.2 Å². The van der Waals surface area contributed by atoms with E-state index in [4.69, 9.17) is 31.3 Å². The van der Waals surface area contributed by atoms with E-state index in [0.717, 1.165) is 21.9 Å². The van der Waals surface area contributed by atoms with Crippen molar-refractivity contribution in [2.45, 2.75) is 44.2 Å². The fourth-order valence-electron chi connectivity index (χ4n) is 4.41. The molecule has 0 aliphatic carbocycles. The maximum atomic E-state index is 14.0. The lowest BCUT2D eigenvalue weighted by Crippen LogP contribution is -2.67. The largest absolute Gasteiger partial charge is 0.490 e. The number of hydrogen-bond donors (Lipinski definition) is 4. The maximum absolute atomic E-state index is 14.0. The zero-order chi connectivity index (χ0) is 39.5. The standard InChI is InChI=1S/C25H27Br2F3N4O3.2C2HF3O2/c26-19-11-17(12-20(27)13-19)15-24(14-16-3-5-18(6-4-16)25(28,29)30)21(35)33(9-1-7-31)23(37)34(22(24)36)10-2-8-32;2*3-2(4,5)1(6)7/h3-6,11-13H,1-2,7-10,14-15,31-32H2;2*(H,6,7). The average Bonchev–Trinajstić information content (AvgIpc) is 2.99. The van der Waals surface area contributed by atoms with E-state index in [1.165, 1.54) is 12.1 Å². The molecule has 0 saturated carbocycles. The summed E-state index contributed by atoms with van der Waals surface area (Å²) >= 11 is 6.82. The Bertz CT molecular complexity index is 1480. The molecule has 0 aromatic heterocycles. The van der Waals surface area contributed by atoms with Crippen molar-refractivity contribution in [3.8, 4) is 0 Å². The number of urea groups is 1. The fourth-order valence-corrected chi connectivity index (χ4v) is 5.80. The fraction of sp³-hybridized carbons (Fsp3) is 0.414. The summed E-state index contributed by atoms with van der Waals surface area (Å²) in [5.41, 5.74) is 9.63. The van der Waals surface area contributed by atoms with E-state index in [0.29, 0.717) is 32.9 Å². The number of hydrogen-bond acceptors (Lipinski definition) is 7. The summed E-state index contributed by atoms with van der Waals surface area (Å²) < 4.78 is 104. The Hall–Kier alpha value is -3.76. The van der Waals surface area contributed by atoms with Gasteiger partial charge in [0.25, 0.3) is 0 Å². The van der Waals surface area contributed by atoms with Crippen LogP contribution in [0.3, 0.4) is 0 Å². The van der Waals surface area contributed by atoms with Crippen molar-refractivity contribution < 1.29 is 73.7 Å². The highest BCUT2D eigenvalue weighted by molar-refractivity contribution is 9.11. The van der Waals surface area contributed by atoms with Crippen molar-refractivity contribution >= 4 is 61.6 Å². The van der Waals surface area contributed by atoms with E-state index < -0.39 is 59.3 Å². The van der Waals surface area contributed by atoms with E-state index in [9.17, 15) is 53.9 Å². The molecule has 2 aromatic rings. The highest BCUT2D eigenvalue weighted by atomic mass is 79.9. The Labute approximate surface area is 300 Å². The van der Waals surface area contributed by atoms with Gasteiger partial charge in [-0.2, -0.15) is 39.5 Å². The predicted molar refractivity (Wildman–Crippen MR) is 167 cm³/mol. The first-order valence-corrected chi connectivity index (χ1v) is 15.7. The second-order valence-electron chi connectivity index (χ2n) is 10.5. The van der Waals surface area contributed by atoms with Crippen LogP contribution in [0.4, 0.5) is 44.3 Å². The second-order valence-corrected chi connectivity index (χ2v) is 12.3. The molecular formula is C29H29Br2F9N4O7. The van der Waals surface area contributed by atoms with E-state index in [2.05, 4.69) is 31.9 Å². The number of imide groups is 2. The Morgan fingerprint density at radius 2 is 1.02 bits per heavy atom. The molecule has 2 aromatic carbocycles. The van der Waals surface area contributed by atoms with Crippen LogP contribution in [0.25, 0.3) is 0 Å². The van der Waals surface area contributed by atoms with E-state index in [-0.39, 0.29) is 39.0 Å². The SMILES string of the molecule is NCCCN1C(=O)N(CCCN)C(=O)C(Cc2ccc(C(F)(F)F)cc2)(Cc2cc(Br)cc(Br)c2)C1=O.O=C(O)C(F)(F)F.O=C(O)C(F)(F)F. The topological polar surface area (TPSA) is 184 Å². The zero-order valence-electron chi connectivity index (χ0n) is 25.8. The molecule has 1 saturated heterocycles. The third-order valence-corrected chi connectivity index (χ3v) is 7.56. The number of benzene rings is 2. The molecule has 0 spiro atoms. The summed E-state index contributed by atoms with van der Waals surface area (Å²) in [7, 11) is 0. The molecule has 0 unspecified atom stereocenters. The third kappa shape index (κ3) is 13.4. The minimum Gasteiger partial charge on any atom is -0.475 e. The number of amides is 4. The molecule has 3 rings (SSSR count). The van der Waals surface area contributed by atoms with Crippen LogP contribution in [0.1, 0.15) is 29.5 Å². The third-order valence-electron chi connectivity index (χ3n) is 6.64. The van der Waals surface area contributed by atoms with Gasteiger partial charge in [0.05, 0.1) is 5.56 Å². The van der Waals surface area contributed by atoms with Crippen LogP contribution >= 0.6 is 31.9 Å². The Balaban J connectivity index is 0.000000780. The van der Waals surface area contributed by atoms with Crippen LogP contribution in [0.2, 0.25) is 0 Å². The second kappa shape index (κ2) is 18.6. The normalized spacial score (nSPS) is 14.7. The first-order chi connectivity index (χ1) is 23.3. The molecule has 0 bridgehead atoms. The molecule has 6 N–H and O–H groups in total. The summed E-state index contributed by atoms with van der Waals surface area (Å²) in [5.74, 6) is -6.91. The molecule has 11 nitrogen and oxygen atoms in total. The van der Waals surface area contributed by atoms with Gasteiger partial charge in [0, 0.05) is 22.0 Å². The Morgan fingerprint density at radius 3 is 1.33 bits per heavy atom. The zero-order valence-corrected chi connectivity index (χ0v) is 29.0. The predicted octanol–water partition coefficient (Wildman–Crippen LogP) is 5.76. The van der Waals surface area contributed by atoms with E-state index in [1.807, 2.05) is 0 Å². The quantitative estimate of drug-likeness (QED) is 0.170. The van der Waals surface area contributed by atoms with Gasteiger partial charge in [0.2, 0.25) is 11.8 Å². The number of carbonyl (C=O) groups excluding carboxylic acids is 3. The van der Waals surface area contributed by atoms with Gasteiger partial charge in [-0.05, 0) is 80.2 Å². The Kier molecular flexibility index (Phi) is 16.5. The van der Waals surface area contributed by atoms with Crippen LogP contribution in [0.15, 0.2) is 51.4 Å². The molecule has 4 amide bonds. The van der Waals surface area contributed by atoms with Gasteiger partial charge in [-0.25, -0.2) is 14.4 Å². The van der Waals surface area contributed by atoms with E-state index >= 15 is 0 Å². The van der Waals surface area contributed by atoms with Crippen molar-refractivity contribution in [3.63, 3.8) is 0 Å². The minimum absolute atomic E-state index is 0.0114. The monoisotopic (exact) mass is 874 g/mol. The molecule has 0 radical (unpaired) electrons. The van der Waals surface area contributed by atoms with Crippen molar-refractivity contribution in [1.29, 1.82) is 0 Å². The highest BCUT2D eigenvalue weighted by Crippen LogP contribution is 2.39. The maximum Gasteiger partial charge on any atom is 0.490 e. The number of alkyl halides is 9. The number of rotatable bonds is 10. The number of nitrogens with zero attached hydrogens (tertiary/aromatic N) is 2. The summed E-state index contributed by atoms with van der Waals surface area (Å²) in [5, 5.41) is 14.2. The molecule has 284 valence electrons. The van der Waals surface area contributed by atoms with Crippen molar-refractivity contribution in [1.82, 2.24) is 9.80 Å². The van der Waals surface area contributed by atoms with Crippen LogP contribution in [-0.4, -0.2) is 88.3 Å². The van der Waals surface area contributed by atoms with Gasteiger partial charge >= 0.3 is 36.5 Å². The lowest BCUT2D eigenvalue weighted by molar-refractivity contribution is -0.193. The number of halogens is 11. The molecule has 1 heterocycles. The summed E-state index contributed by atoms with van der Waals surface area (Å²) in [6.45, 7) is 0.464. The van der Waals surface area contributed by atoms with Gasteiger partial charge in [0.15, 0.2) is 0 Å². The number of carbonyl (C=O) groups is 5. The molecular weight excluding hydrogens is 847 g/mol. The molecule has 22 heteroatoms. The van der Waals surface area contributed by atoms with E-state index in [1.54, 1.807) is 18.2 Å². The van der Waals surface area contributed by atoms with Crippen molar-refractivity contribution in [2.24, 2.45) is 16.9 Å². The first kappa shape index (κ1) is 45.3. The molecule has 51 heavy (non-hydrogen) atoms. The first-order valence-electron chi connectivity index (χ1n) is 14.1. The van der Waals surface area contributed by atoms with Gasteiger partial charge in [-0.15, -0.1) is 0 Å². The van der Waals surface area contributed by atoms with Gasteiger partial charge in [-0.3, -0.25) is 19.4 Å². The number of aliphatic carboxylic acids is 2. The molecule has 1 fully saturated rings. The number of carboxylic acid groups (broad SMARTS) is 2. The summed E-state index contributed by atoms with van der Waals surface area (Å²) in [4.78, 5) is 61.0. The van der Waals surface area contributed by atoms with Gasteiger partial charge < -0.3 is 21.7 Å². The lowest BCUT2D eigenvalue weighted by atomic mass is 9.72. The van der Waals surface area contributed by atoms with Crippen LogP contribution < -0.4 is 11.5 Å². The van der Waals surface area contributed by atoms with Gasteiger partial charge in [0.1, 0.15) is 5.41 Å². The van der Waals surface area contributed by atoms with Crippen LogP contribution in [0, 0.1) is 5.41 Å². The highest BCUT2D eigenvalue weighted by Gasteiger charge is 2.57. The summed E-state index contributed by atoms with van der Waals surface area (Å²) in [6, 6.07) is 8.91. The lowest BCUT2D eigenvalue weighted by Gasteiger charge is -2.44. The number of barbiturate groups is 1. The average molecular weight is 876 g/mol. The minimum atomic E-state index is -5.08. The number of nitrogens with two attached hydrogens (primary N) is 2. The summed E-state index contributed by atoms with van der Waals surface area (Å²) in [6.07, 6.45) is -14.3. The van der Waals surface area contributed by atoms with Crippen LogP contribution in [0.5, 0.6) is 0 Å². The molecule has 0 atom stereocenters. The van der Waals surface area contributed by atoms with Crippen molar-refractivity contribution in [3.05, 3.63) is 68.1 Å².